The first kappa shape index (κ1) is 12.4. The number of imidazole rings is 1. The van der Waals surface area contributed by atoms with Crippen LogP contribution in [0, 0.1) is 0 Å². The minimum atomic E-state index is 0.906. The van der Waals surface area contributed by atoms with Crippen molar-refractivity contribution in [3.05, 3.63) is 47.0 Å². The smallest absolute Gasteiger partial charge is 0.113 e. The van der Waals surface area contributed by atoms with Crippen LogP contribution < -0.4 is 5.32 Å². The second-order valence-electron chi connectivity index (χ2n) is 5.06. The molecule has 3 heteroatoms. The number of fused-ring (bicyclic) bond motifs is 1. The van der Waals surface area contributed by atoms with Gasteiger partial charge in [0.1, 0.15) is 5.82 Å². The fraction of sp³-hybridized carbons (Fsp3) is 0.438. The molecular weight excluding hydrogens is 234 g/mol. The van der Waals surface area contributed by atoms with Crippen LogP contribution in [-0.4, -0.2) is 16.1 Å². The Hall–Kier alpha value is -1.61. The van der Waals surface area contributed by atoms with Crippen molar-refractivity contribution in [3.63, 3.8) is 0 Å². The number of nitrogens with zero attached hydrogens (tertiary/aromatic N) is 2. The van der Waals surface area contributed by atoms with Crippen LogP contribution in [0.3, 0.4) is 0 Å². The largest absolute Gasteiger partial charge is 0.311 e. The molecule has 1 aromatic heterocycles. The molecule has 2 heterocycles. The Balaban J connectivity index is 2.14. The quantitative estimate of drug-likeness (QED) is 0.913. The maximum Gasteiger partial charge on any atom is 0.113 e. The molecule has 1 aliphatic heterocycles. The lowest BCUT2D eigenvalue weighted by Gasteiger charge is -2.16. The minimum Gasteiger partial charge on any atom is -0.311 e. The fourth-order valence-corrected chi connectivity index (χ4v) is 2.82. The van der Waals surface area contributed by atoms with Crippen LogP contribution in [0.5, 0.6) is 0 Å². The van der Waals surface area contributed by atoms with E-state index in [0.717, 1.165) is 32.4 Å². The molecule has 0 amide bonds. The second kappa shape index (κ2) is 5.17. The van der Waals surface area contributed by atoms with E-state index in [4.69, 9.17) is 4.98 Å². The SMILES string of the molecule is CCc1cccc(-n2c(CC)nc3c2CCNC3)c1. The molecule has 0 bridgehead atoms. The maximum absolute atomic E-state index is 4.80. The van der Waals surface area contributed by atoms with Gasteiger partial charge in [-0.25, -0.2) is 4.98 Å². The Bertz CT molecular complexity index is 584. The maximum atomic E-state index is 4.80. The van der Waals surface area contributed by atoms with Gasteiger partial charge in [0.05, 0.1) is 5.69 Å². The molecule has 0 fully saturated rings. The van der Waals surface area contributed by atoms with Crippen molar-refractivity contribution in [2.75, 3.05) is 6.54 Å². The number of aryl methyl sites for hydroxylation is 2. The molecule has 1 N–H and O–H groups in total. The molecule has 0 saturated heterocycles. The normalized spacial score (nSPS) is 14.4. The third-order valence-corrected chi connectivity index (χ3v) is 3.85. The summed E-state index contributed by atoms with van der Waals surface area (Å²) < 4.78 is 2.37. The predicted molar refractivity (Wildman–Crippen MR) is 77.7 cm³/mol. The standard InChI is InChI=1S/C16H21N3/c1-3-12-6-5-7-13(10-12)19-15-8-9-17-11-14(15)18-16(19)4-2/h5-7,10,17H,3-4,8-9,11H2,1-2H3. The van der Waals surface area contributed by atoms with Gasteiger partial charge in [0.2, 0.25) is 0 Å². The summed E-state index contributed by atoms with van der Waals surface area (Å²) in [6, 6.07) is 8.84. The van der Waals surface area contributed by atoms with Gasteiger partial charge in [-0.3, -0.25) is 0 Å². The van der Waals surface area contributed by atoms with E-state index in [2.05, 4.69) is 48.0 Å². The number of benzene rings is 1. The second-order valence-corrected chi connectivity index (χ2v) is 5.06. The first-order valence-electron chi connectivity index (χ1n) is 7.22. The lowest BCUT2D eigenvalue weighted by atomic mass is 10.1. The van der Waals surface area contributed by atoms with Gasteiger partial charge >= 0.3 is 0 Å². The minimum absolute atomic E-state index is 0.906. The number of aromatic nitrogens is 2. The van der Waals surface area contributed by atoms with Crippen molar-refractivity contribution in [3.8, 4) is 5.69 Å². The summed E-state index contributed by atoms with van der Waals surface area (Å²) in [5.41, 5.74) is 5.27. The zero-order valence-electron chi connectivity index (χ0n) is 11.7. The summed E-state index contributed by atoms with van der Waals surface area (Å²) in [5, 5.41) is 3.40. The molecule has 3 rings (SSSR count). The van der Waals surface area contributed by atoms with Gasteiger partial charge in [0, 0.05) is 37.3 Å². The van der Waals surface area contributed by atoms with Crippen molar-refractivity contribution < 1.29 is 0 Å². The van der Waals surface area contributed by atoms with E-state index in [1.165, 1.54) is 28.5 Å². The molecule has 100 valence electrons. The van der Waals surface area contributed by atoms with E-state index in [1.807, 2.05) is 0 Å². The molecule has 0 atom stereocenters. The lowest BCUT2D eigenvalue weighted by Crippen LogP contribution is -2.24. The van der Waals surface area contributed by atoms with Gasteiger partial charge in [-0.15, -0.1) is 0 Å². The van der Waals surface area contributed by atoms with Gasteiger partial charge in [-0.05, 0) is 24.1 Å². The molecule has 1 aliphatic rings. The molecule has 3 nitrogen and oxygen atoms in total. The Morgan fingerprint density at radius 3 is 2.95 bits per heavy atom. The number of hydrogen-bond donors (Lipinski definition) is 1. The first-order valence-corrected chi connectivity index (χ1v) is 7.22. The summed E-state index contributed by atoms with van der Waals surface area (Å²) in [6.45, 7) is 6.34. The van der Waals surface area contributed by atoms with Crippen molar-refractivity contribution in [2.24, 2.45) is 0 Å². The van der Waals surface area contributed by atoms with Crippen LogP contribution in [0.25, 0.3) is 5.69 Å². The number of hydrogen-bond acceptors (Lipinski definition) is 2. The number of nitrogens with one attached hydrogen (secondary N) is 1. The van der Waals surface area contributed by atoms with Crippen molar-refractivity contribution >= 4 is 0 Å². The summed E-state index contributed by atoms with van der Waals surface area (Å²) >= 11 is 0. The molecule has 0 spiro atoms. The highest BCUT2D eigenvalue weighted by molar-refractivity contribution is 5.41. The number of rotatable bonds is 3. The summed E-state index contributed by atoms with van der Waals surface area (Å²) in [7, 11) is 0. The summed E-state index contributed by atoms with van der Waals surface area (Å²) in [6.07, 6.45) is 3.12. The van der Waals surface area contributed by atoms with Gasteiger partial charge < -0.3 is 9.88 Å². The first-order chi connectivity index (χ1) is 9.33. The zero-order valence-corrected chi connectivity index (χ0v) is 11.7. The molecule has 0 unspecified atom stereocenters. The van der Waals surface area contributed by atoms with E-state index in [-0.39, 0.29) is 0 Å². The zero-order chi connectivity index (χ0) is 13.2. The molecule has 19 heavy (non-hydrogen) atoms. The highest BCUT2D eigenvalue weighted by Gasteiger charge is 2.19. The molecule has 0 saturated carbocycles. The van der Waals surface area contributed by atoms with Gasteiger partial charge in [-0.1, -0.05) is 26.0 Å². The molecule has 2 aromatic rings. The average Bonchev–Trinajstić information content (AvgIpc) is 2.85. The van der Waals surface area contributed by atoms with E-state index in [1.54, 1.807) is 0 Å². The fourth-order valence-electron chi connectivity index (χ4n) is 2.82. The molecule has 1 aromatic carbocycles. The summed E-state index contributed by atoms with van der Waals surface area (Å²) in [5.74, 6) is 1.18. The van der Waals surface area contributed by atoms with E-state index >= 15 is 0 Å². The summed E-state index contributed by atoms with van der Waals surface area (Å²) in [4.78, 5) is 4.80. The van der Waals surface area contributed by atoms with E-state index < -0.39 is 0 Å². The van der Waals surface area contributed by atoms with Crippen LogP contribution in [0.15, 0.2) is 24.3 Å². The third-order valence-electron chi connectivity index (χ3n) is 3.85. The molecule has 0 aliphatic carbocycles. The lowest BCUT2D eigenvalue weighted by molar-refractivity contribution is 0.620. The third kappa shape index (κ3) is 2.19. The monoisotopic (exact) mass is 255 g/mol. The predicted octanol–water partition coefficient (Wildman–Crippen LogP) is 2.64. The van der Waals surface area contributed by atoms with Crippen LogP contribution in [0.4, 0.5) is 0 Å². The van der Waals surface area contributed by atoms with E-state index in [0.29, 0.717) is 0 Å². The van der Waals surface area contributed by atoms with Crippen molar-refractivity contribution in [1.82, 2.24) is 14.9 Å². The Labute approximate surface area is 114 Å². The van der Waals surface area contributed by atoms with Gasteiger partial charge in [0.25, 0.3) is 0 Å². The average molecular weight is 255 g/mol. The van der Waals surface area contributed by atoms with Crippen LogP contribution in [0.1, 0.15) is 36.6 Å². The Morgan fingerprint density at radius 1 is 1.26 bits per heavy atom. The highest BCUT2D eigenvalue weighted by atomic mass is 15.1. The molecular formula is C16H21N3. The van der Waals surface area contributed by atoms with Gasteiger partial charge in [-0.2, -0.15) is 0 Å². The van der Waals surface area contributed by atoms with Crippen LogP contribution >= 0.6 is 0 Å². The Kier molecular flexibility index (Phi) is 3.38. The van der Waals surface area contributed by atoms with Crippen molar-refractivity contribution in [2.45, 2.75) is 39.7 Å². The van der Waals surface area contributed by atoms with Gasteiger partial charge in [0.15, 0.2) is 0 Å². The Morgan fingerprint density at radius 2 is 2.16 bits per heavy atom. The van der Waals surface area contributed by atoms with E-state index in [9.17, 15) is 0 Å². The highest BCUT2D eigenvalue weighted by Crippen LogP contribution is 2.22. The van der Waals surface area contributed by atoms with Crippen molar-refractivity contribution in [1.29, 1.82) is 0 Å². The van der Waals surface area contributed by atoms with Crippen LogP contribution in [0.2, 0.25) is 0 Å². The topological polar surface area (TPSA) is 29.9 Å². The van der Waals surface area contributed by atoms with Crippen LogP contribution in [-0.2, 0) is 25.8 Å². The molecule has 0 radical (unpaired) electrons.